The maximum atomic E-state index is 12.3. The topological polar surface area (TPSA) is 64.6 Å². The molecule has 0 heterocycles. The number of halogens is 1. The molecule has 5 nitrogen and oxygen atoms in total. The fourth-order valence-corrected chi connectivity index (χ4v) is 4.20. The molecule has 1 N–H and O–H groups in total. The summed E-state index contributed by atoms with van der Waals surface area (Å²) in [5.74, 6) is 0.278. The molecule has 23 heavy (non-hydrogen) atoms. The second-order valence-corrected chi connectivity index (χ2v) is 7.85. The van der Waals surface area contributed by atoms with Gasteiger partial charge in [0.15, 0.2) is 0 Å². The monoisotopic (exact) mass is 361 g/mol. The number of nitrogens with one attached hydrogen (secondary N) is 1. The van der Waals surface area contributed by atoms with Crippen molar-refractivity contribution in [1.82, 2.24) is 4.72 Å². The maximum Gasteiger partial charge on any atom is 0.244 e. The van der Waals surface area contributed by atoms with Crippen LogP contribution in [0.1, 0.15) is 38.5 Å². The van der Waals surface area contributed by atoms with Gasteiger partial charge >= 0.3 is 0 Å². The first-order chi connectivity index (χ1) is 11.0. The van der Waals surface area contributed by atoms with E-state index in [1.165, 1.54) is 32.4 Å². The summed E-state index contributed by atoms with van der Waals surface area (Å²) in [5, 5.41) is 0.354. The third-order valence-corrected chi connectivity index (χ3v) is 5.65. The molecule has 130 valence electrons. The smallest absolute Gasteiger partial charge is 0.244 e. The minimum atomic E-state index is -3.65. The lowest BCUT2D eigenvalue weighted by atomic mass is 9.98. The summed E-state index contributed by atoms with van der Waals surface area (Å²) in [6.07, 6.45) is 6.96. The first-order valence-corrected chi connectivity index (χ1v) is 9.84. The molecule has 0 bridgehead atoms. The molecule has 0 radical (unpaired) electrons. The van der Waals surface area contributed by atoms with Crippen LogP contribution in [0.4, 0.5) is 0 Å². The van der Waals surface area contributed by atoms with E-state index in [2.05, 4.69) is 4.72 Å². The van der Waals surface area contributed by atoms with Crippen LogP contribution >= 0.6 is 11.6 Å². The van der Waals surface area contributed by atoms with E-state index in [0.717, 1.165) is 12.8 Å². The largest absolute Gasteiger partial charge is 0.495 e. The van der Waals surface area contributed by atoms with Crippen LogP contribution in [0.15, 0.2) is 23.1 Å². The third kappa shape index (κ3) is 5.64. The number of benzene rings is 1. The Morgan fingerprint density at radius 1 is 1.26 bits per heavy atom. The average molecular weight is 362 g/mol. The zero-order valence-corrected chi connectivity index (χ0v) is 15.0. The Labute approximate surface area is 143 Å². The van der Waals surface area contributed by atoms with Gasteiger partial charge in [0.2, 0.25) is 10.0 Å². The summed E-state index contributed by atoms with van der Waals surface area (Å²) in [6, 6.07) is 4.53. The molecule has 1 aromatic carbocycles. The van der Waals surface area contributed by atoms with Crippen molar-refractivity contribution in [2.75, 3.05) is 20.3 Å². The van der Waals surface area contributed by atoms with Gasteiger partial charge in [-0.15, -0.1) is 0 Å². The molecule has 0 atom stereocenters. The molecule has 1 aromatic rings. The van der Waals surface area contributed by atoms with Crippen molar-refractivity contribution in [3.63, 3.8) is 0 Å². The van der Waals surface area contributed by atoms with Crippen molar-refractivity contribution in [3.8, 4) is 5.75 Å². The molecule has 7 heteroatoms. The number of methoxy groups -OCH3 is 1. The molecule has 0 unspecified atom stereocenters. The van der Waals surface area contributed by atoms with Gasteiger partial charge in [0.25, 0.3) is 0 Å². The summed E-state index contributed by atoms with van der Waals surface area (Å²) in [4.78, 5) is 0.0562. The highest BCUT2D eigenvalue weighted by Crippen LogP contribution is 2.26. The molecule has 1 aliphatic carbocycles. The van der Waals surface area contributed by atoms with Crippen LogP contribution in [-0.4, -0.2) is 34.8 Å². The van der Waals surface area contributed by atoms with E-state index in [1.807, 2.05) is 0 Å². The predicted molar refractivity (Wildman–Crippen MR) is 90.6 cm³/mol. The van der Waals surface area contributed by atoms with E-state index >= 15 is 0 Å². The molecule has 1 fully saturated rings. The Morgan fingerprint density at radius 3 is 2.70 bits per heavy atom. The number of hydrogen-bond donors (Lipinski definition) is 1. The van der Waals surface area contributed by atoms with Crippen LogP contribution in [0, 0.1) is 0 Å². The van der Waals surface area contributed by atoms with Gasteiger partial charge < -0.3 is 9.47 Å². The average Bonchev–Trinajstić information content (AvgIpc) is 2.55. The van der Waals surface area contributed by atoms with Crippen LogP contribution in [0.3, 0.4) is 0 Å². The maximum absolute atomic E-state index is 12.3. The van der Waals surface area contributed by atoms with Gasteiger partial charge in [-0.1, -0.05) is 30.9 Å². The van der Waals surface area contributed by atoms with Crippen LogP contribution in [0.2, 0.25) is 5.02 Å². The molecule has 0 aromatic heterocycles. The number of sulfonamides is 1. The molecule has 0 amide bonds. The number of rotatable bonds is 8. The lowest BCUT2D eigenvalue weighted by Crippen LogP contribution is -2.27. The quantitative estimate of drug-likeness (QED) is 0.721. The second kappa shape index (κ2) is 8.87. The van der Waals surface area contributed by atoms with Gasteiger partial charge in [-0.3, -0.25) is 0 Å². The number of ether oxygens (including phenoxy) is 2. The molecular weight excluding hydrogens is 338 g/mol. The molecule has 0 saturated heterocycles. The highest BCUT2D eigenvalue weighted by atomic mass is 35.5. The zero-order chi connectivity index (χ0) is 16.7. The third-order valence-electron chi connectivity index (χ3n) is 3.93. The fraction of sp³-hybridized carbons (Fsp3) is 0.625. The molecular formula is C16H24ClNO4S. The van der Waals surface area contributed by atoms with E-state index < -0.39 is 10.0 Å². The van der Waals surface area contributed by atoms with Crippen LogP contribution in [-0.2, 0) is 14.8 Å². The van der Waals surface area contributed by atoms with Gasteiger partial charge in [-0.05, 0) is 37.5 Å². The van der Waals surface area contributed by atoms with Crippen molar-refractivity contribution in [2.45, 2.75) is 49.5 Å². The Bertz CT molecular complexity index is 600. The summed E-state index contributed by atoms with van der Waals surface area (Å²) < 4.78 is 38.1. The summed E-state index contributed by atoms with van der Waals surface area (Å²) in [7, 11) is -2.22. The van der Waals surface area contributed by atoms with Gasteiger partial charge in [0.05, 0.1) is 13.2 Å². The molecule has 0 aliphatic heterocycles. The molecule has 2 rings (SSSR count). The SMILES string of the molecule is COc1ccc(Cl)cc1S(=O)(=O)NCCCOC1CCCCC1. The van der Waals surface area contributed by atoms with Crippen molar-refractivity contribution in [2.24, 2.45) is 0 Å². The zero-order valence-electron chi connectivity index (χ0n) is 13.4. The first kappa shape index (κ1) is 18.5. The van der Waals surface area contributed by atoms with Gasteiger partial charge in [-0.25, -0.2) is 13.1 Å². The van der Waals surface area contributed by atoms with Gasteiger partial charge in [0, 0.05) is 18.2 Å². The lowest BCUT2D eigenvalue weighted by molar-refractivity contribution is 0.0278. The highest BCUT2D eigenvalue weighted by molar-refractivity contribution is 7.89. The Kier molecular flexibility index (Phi) is 7.14. The van der Waals surface area contributed by atoms with Crippen molar-refractivity contribution < 1.29 is 17.9 Å². The number of hydrogen-bond acceptors (Lipinski definition) is 4. The molecule has 0 spiro atoms. The van der Waals surface area contributed by atoms with Gasteiger partial charge in [-0.2, -0.15) is 0 Å². The standard InChI is InChI=1S/C16H24ClNO4S/c1-21-15-9-8-13(17)12-16(15)23(19,20)18-10-5-11-22-14-6-3-2-4-7-14/h8-9,12,14,18H,2-7,10-11H2,1H3. The van der Waals surface area contributed by atoms with Crippen LogP contribution in [0.25, 0.3) is 0 Å². The highest BCUT2D eigenvalue weighted by Gasteiger charge is 2.19. The van der Waals surface area contributed by atoms with E-state index in [0.29, 0.717) is 30.7 Å². The van der Waals surface area contributed by atoms with Crippen LogP contribution < -0.4 is 9.46 Å². The van der Waals surface area contributed by atoms with Crippen molar-refractivity contribution in [3.05, 3.63) is 23.2 Å². The second-order valence-electron chi connectivity index (χ2n) is 5.68. The van der Waals surface area contributed by atoms with Crippen molar-refractivity contribution in [1.29, 1.82) is 0 Å². The fourth-order valence-electron chi connectivity index (χ4n) is 2.70. The van der Waals surface area contributed by atoms with Crippen LogP contribution in [0.5, 0.6) is 5.75 Å². The summed E-state index contributed by atoms with van der Waals surface area (Å²) >= 11 is 5.88. The summed E-state index contributed by atoms with van der Waals surface area (Å²) in [5.41, 5.74) is 0. The Morgan fingerprint density at radius 2 is 2.00 bits per heavy atom. The minimum absolute atomic E-state index is 0.0562. The summed E-state index contributed by atoms with van der Waals surface area (Å²) in [6.45, 7) is 0.893. The van der Waals surface area contributed by atoms with E-state index in [1.54, 1.807) is 12.1 Å². The van der Waals surface area contributed by atoms with Gasteiger partial charge in [0.1, 0.15) is 10.6 Å². The van der Waals surface area contributed by atoms with Crippen molar-refractivity contribution >= 4 is 21.6 Å². The first-order valence-electron chi connectivity index (χ1n) is 7.98. The minimum Gasteiger partial charge on any atom is -0.495 e. The Balaban J connectivity index is 1.81. The lowest BCUT2D eigenvalue weighted by Gasteiger charge is -2.21. The normalized spacial score (nSPS) is 16.4. The molecule has 1 aliphatic rings. The Hall–Kier alpha value is -0.820. The van der Waals surface area contributed by atoms with E-state index in [-0.39, 0.29) is 10.6 Å². The predicted octanol–water partition coefficient (Wildman–Crippen LogP) is 3.37. The van der Waals surface area contributed by atoms with E-state index in [9.17, 15) is 8.42 Å². The van der Waals surface area contributed by atoms with E-state index in [4.69, 9.17) is 21.1 Å². The molecule has 1 saturated carbocycles.